The number of phenolic OH excluding ortho intramolecular Hbond substituents is 1. The Morgan fingerprint density at radius 2 is 1.77 bits per heavy atom. The second-order valence-electron chi connectivity index (χ2n) is 7.06. The summed E-state index contributed by atoms with van der Waals surface area (Å²) in [6.07, 6.45) is -0.258. The molecule has 30 heavy (non-hydrogen) atoms. The predicted molar refractivity (Wildman–Crippen MR) is 113 cm³/mol. The lowest BCUT2D eigenvalue weighted by Gasteiger charge is -2.08. The fraction of sp³-hybridized carbons (Fsp3) is 0.227. The van der Waals surface area contributed by atoms with E-state index in [1.165, 1.54) is 16.7 Å². The van der Waals surface area contributed by atoms with Gasteiger partial charge in [0, 0.05) is 23.2 Å². The largest absolute Gasteiger partial charge is 0.506 e. The minimum absolute atomic E-state index is 0.00519. The van der Waals surface area contributed by atoms with Gasteiger partial charge in [-0.3, -0.25) is 19.0 Å². The summed E-state index contributed by atoms with van der Waals surface area (Å²) in [7, 11) is 0. The number of carboxylic acids is 1. The molecule has 1 heterocycles. The first kappa shape index (κ1) is 21.4. The Morgan fingerprint density at radius 3 is 2.40 bits per heavy atom. The number of hydrogen-bond acceptors (Lipinski definition) is 4. The Bertz CT molecular complexity index is 1150. The molecule has 7 nitrogen and oxygen atoms in total. The van der Waals surface area contributed by atoms with Crippen molar-refractivity contribution in [2.24, 2.45) is 0 Å². The molecule has 1 aromatic heterocycles. The number of nitrogens with one attached hydrogen (secondary N) is 1. The smallest absolute Gasteiger partial charge is 0.305 e. The van der Waals surface area contributed by atoms with E-state index >= 15 is 0 Å². The summed E-state index contributed by atoms with van der Waals surface area (Å²) in [5.74, 6) is -1.82. The molecule has 3 rings (SSSR count). The number of benzene rings is 2. The van der Waals surface area contributed by atoms with Gasteiger partial charge in [0.2, 0.25) is 5.91 Å². The van der Waals surface area contributed by atoms with Gasteiger partial charge < -0.3 is 15.5 Å². The van der Waals surface area contributed by atoms with Crippen LogP contribution in [0.1, 0.15) is 33.6 Å². The number of carboxylic acid groups (broad SMARTS) is 1. The van der Waals surface area contributed by atoms with Crippen molar-refractivity contribution in [2.45, 2.75) is 26.7 Å². The van der Waals surface area contributed by atoms with Crippen LogP contribution in [0.2, 0.25) is 5.02 Å². The van der Waals surface area contributed by atoms with E-state index in [4.69, 9.17) is 16.7 Å². The number of aryl methyl sites for hydroxylation is 1. The number of aromatic nitrogens is 1. The van der Waals surface area contributed by atoms with E-state index in [1.54, 1.807) is 19.1 Å². The fourth-order valence-electron chi connectivity index (χ4n) is 3.33. The van der Waals surface area contributed by atoms with E-state index in [-0.39, 0.29) is 42.0 Å². The first-order chi connectivity index (χ1) is 14.2. The van der Waals surface area contributed by atoms with E-state index in [1.807, 2.05) is 19.1 Å². The molecular weight excluding hydrogens is 408 g/mol. The molecule has 0 atom stereocenters. The van der Waals surface area contributed by atoms with Gasteiger partial charge in [0.25, 0.3) is 5.91 Å². The molecule has 0 aliphatic rings. The summed E-state index contributed by atoms with van der Waals surface area (Å²) in [5, 5.41) is 22.0. The fourth-order valence-corrected chi connectivity index (χ4v) is 3.49. The average molecular weight is 429 g/mol. The summed E-state index contributed by atoms with van der Waals surface area (Å²) in [6, 6.07) is 10.1. The third kappa shape index (κ3) is 4.31. The maximum Gasteiger partial charge on any atom is 0.305 e. The number of phenols is 1. The lowest BCUT2D eigenvalue weighted by atomic mass is 10.1. The third-order valence-electron chi connectivity index (χ3n) is 4.90. The zero-order chi connectivity index (χ0) is 22.0. The summed E-state index contributed by atoms with van der Waals surface area (Å²) < 4.78 is 1.48. The van der Waals surface area contributed by atoms with Crippen LogP contribution >= 0.6 is 11.6 Å². The average Bonchev–Trinajstić information content (AvgIpc) is 2.93. The zero-order valence-corrected chi connectivity index (χ0v) is 17.3. The Kier molecular flexibility index (Phi) is 6.12. The molecule has 0 aliphatic heterocycles. The highest BCUT2D eigenvalue weighted by atomic mass is 35.5. The molecule has 1 amide bonds. The Morgan fingerprint density at radius 1 is 1.10 bits per heavy atom. The van der Waals surface area contributed by atoms with Crippen LogP contribution in [0.25, 0.3) is 10.9 Å². The number of carbonyl (C=O) groups is 3. The molecular formula is C22H21ClN2O5. The van der Waals surface area contributed by atoms with Crippen LogP contribution < -0.4 is 5.32 Å². The van der Waals surface area contributed by atoms with E-state index in [2.05, 4.69) is 5.32 Å². The summed E-state index contributed by atoms with van der Waals surface area (Å²) in [6.45, 7) is 3.65. The number of fused-ring (bicyclic) bond motifs is 1. The summed E-state index contributed by atoms with van der Waals surface area (Å²) in [4.78, 5) is 36.2. The highest BCUT2D eigenvalue weighted by molar-refractivity contribution is 6.33. The first-order valence-corrected chi connectivity index (χ1v) is 9.69. The van der Waals surface area contributed by atoms with Crippen LogP contribution in [-0.4, -0.2) is 39.1 Å². The molecule has 0 unspecified atom stereocenters. The van der Waals surface area contributed by atoms with Crippen LogP contribution in [0.4, 0.5) is 0 Å². The molecule has 0 spiro atoms. The van der Waals surface area contributed by atoms with Gasteiger partial charge >= 0.3 is 5.97 Å². The second-order valence-corrected chi connectivity index (χ2v) is 7.47. The number of aromatic hydroxyl groups is 1. The van der Waals surface area contributed by atoms with Crippen molar-refractivity contribution >= 4 is 40.3 Å². The van der Waals surface area contributed by atoms with Crippen LogP contribution in [0.15, 0.2) is 36.4 Å². The SMILES string of the molecule is Cc1ccc(C(=O)n2c(C)c(CC(=O)NCCC(=O)O)c3cc(O)c(Cl)cc32)cc1. The monoisotopic (exact) mass is 428 g/mol. The number of nitrogens with zero attached hydrogens (tertiary/aromatic N) is 1. The summed E-state index contributed by atoms with van der Waals surface area (Å²) in [5.41, 5.74) is 3.08. The minimum atomic E-state index is -1.01. The van der Waals surface area contributed by atoms with Crippen LogP contribution in [-0.2, 0) is 16.0 Å². The van der Waals surface area contributed by atoms with E-state index in [0.29, 0.717) is 27.7 Å². The molecule has 0 aliphatic carbocycles. The maximum absolute atomic E-state index is 13.2. The van der Waals surface area contributed by atoms with Crippen molar-refractivity contribution in [3.63, 3.8) is 0 Å². The standard InChI is InChI=1S/C22H21ClN2O5/c1-12-3-5-14(6-4-12)22(30)25-13(2)15(10-20(27)24-8-7-21(28)29)16-9-19(26)17(23)11-18(16)25/h3-6,9,11,26H,7-8,10H2,1-2H3,(H,24,27)(H,28,29). The van der Waals surface area contributed by atoms with Gasteiger partial charge in [-0.15, -0.1) is 0 Å². The predicted octanol–water partition coefficient (Wildman–Crippen LogP) is 3.44. The van der Waals surface area contributed by atoms with E-state index < -0.39 is 5.97 Å². The molecule has 0 fully saturated rings. The number of hydrogen-bond donors (Lipinski definition) is 3. The lowest BCUT2D eigenvalue weighted by Crippen LogP contribution is -2.27. The molecule has 0 saturated heterocycles. The van der Waals surface area contributed by atoms with Gasteiger partial charge in [0.05, 0.1) is 23.4 Å². The van der Waals surface area contributed by atoms with Crippen molar-refractivity contribution < 1.29 is 24.6 Å². The van der Waals surface area contributed by atoms with Gasteiger partial charge in [-0.25, -0.2) is 0 Å². The molecule has 2 aromatic carbocycles. The number of amides is 1. The molecule has 0 bridgehead atoms. The molecule has 8 heteroatoms. The normalized spacial score (nSPS) is 10.9. The van der Waals surface area contributed by atoms with Gasteiger partial charge in [-0.05, 0) is 43.7 Å². The van der Waals surface area contributed by atoms with Crippen LogP contribution in [0, 0.1) is 13.8 Å². The van der Waals surface area contributed by atoms with Crippen molar-refractivity contribution in [2.75, 3.05) is 6.54 Å². The van der Waals surface area contributed by atoms with Gasteiger partial charge in [0.1, 0.15) is 5.75 Å². The Balaban J connectivity index is 2.05. The number of rotatable bonds is 6. The van der Waals surface area contributed by atoms with Crippen LogP contribution in [0.3, 0.4) is 0 Å². The first-order valence-electron chi connectivity index (χ1n) is 9.31. The highest BCUT2D eigenvalue weighted by Gasteiger charge is 2.23. The molecule has 3 N–H and O–H groups in total. The van der Waals surface area contributed by atoms with Crippen molar-refractivity contribution in [3.8, 4) is 5.75 Å². The molecule has 156 valence electrons. The third-order valence-corrected chi connectivity index (χ3v) is 5.21. The quantitative estimate of drug-likeness (QED) is 0.557. The molecule has 0 saturated carbocycles. The van der Waals surface area contributed by atoms with Crippen molar-refractivity contribution in [1.82, 2.24) is 9.88 Å². The summed E-state index contributed by atoms with van der Waals surface area (Å²) >= 11 is 6.09. The Labute approximate surface area is 177 Å². The zero-order valence-electron chi connectivity index (χ0n) is 16.5. The number of halogens is 1. The van der Waals surface area contributed by atoms with E-state index in [0.717, 1.165) is 5.56 Å². The van der Waals surface area contributed by atoms with Crippen molar-refractivity contribution in [3.05, 3.63) is 63.8 Å². The molecule has 0 radical (unpaired) electrons. The van der Waals surface area contributed by atoms with Gasteiger partial charge in [0.15, 0.2) is 0 Å². The van der Waals surface area contributed by atoms with Gasteiger partial charge in [-0.1, -0.05) is 29.3 Å². The minimum Gasteiger partial charge on any atom is -0.506 e. The maximum atomic E-state index is 13.2. The second kappa shape index (κ2) is 8.59. The Hall–Kier alpha value is -3.32. The lowest BCUT2D eigenvalue weighted by molar-refractivity contribution is -0.136. The van der Waals surface area contributed by atoms with E-state index in [9.17, 15) is 19.5 Å². The number of aliphatic carboxylic acids is 1. The molecule has 3 aromatic rings. The van der Waals surface area contributed by atoms with Crippen LogP contribution in [0.5, 0.6) is 5.75 Å². The topological polar surface area (TPSA) is 109 Å². The van der Waals surface area contributed by atoms with Gasteiger partial charge in [-0.2, -0.15) is 0 Å². The highest BCUT2D eigenvalue weighted by Crippen LogP contribution is 2.35. The van der Waals surface area contributed by atoms with Crippen molar-refractivity contribution in [1.29, 1.82) is 0 Å². The number of carbonyl (C=O) groups excluding carboxylic acids is 2.